The van der Waals surface area contributed by atoms with Crippen LogP contribution in [0.3, 0.4) is 0 Å². The van der Waals surface area contributed by atoms with E-state index in [1.54, 1.807) is 30.3 Å². The second-order valence-electron chi connectivity index (χ2n) is 4.76. The Morgan fingerprint density at radius 1 is 1.29 bits per heavy atom. The minimum absolute atomic E-state index is 0.189. The summed E-state index contributed by atoms with van der Waals surface area (Å²) < 4.78 is 20.4. The third-order valence-electron chi connectivity index (χ3n) is 3.52. The van der Waals surface area contributed by atoms with Crippen LogP contribution >= 0.6 is 0 Å². The molecule has 5 heteroatoms. The van der Waals surface area contributed by atoms with E-state index < -0.39 is 17.7 Å². The quantitative estimate of drug-likeness (QED) is 0.806. The zero-order valence-electron chi connectivity index (χ0n) is 11.4. The number of aliphatic hydroxyl groups excluding tert-OH is 1. The molecule has 0 fully saturated rings. The summed E-state index contributed by atoms with van der Waals surface area (Å²) in [5.41, 5.74) is 1.71. The molecule has 0 saturated heterocycles. The highest BCUT2D eigenvalue weighted by Crippen LogP contribution is 2.26. The molecule has 1 unspecified atom stereocenters. The summed E-state index contributed by atoms with van der Waals surface area (Å²) in [5.74, 6) is -0.914. The predicted octanol–water partition coefficient (Wildman–Crippen LogP) is 2.84. The fourth-order valence-electron chi connectivity index (χ4n) is 2.43. The third-order valence-corrected chi connectivity index (χ3v) is 3.52. The van der Waals surface area contributed by atoms with Gasteiger partial charge in [-0.15, -0.1) is 0 Å². The van der Waals surface area contributed by atoms with Gasteiger partial charge in [0, 0.05) is 12.1 Å². The molecule has 0 aliphatic rings. The van der Waals surface area contributed by atoms with Crippen LogP contribution in [0.1, 0.15) is 24.2 Å². The van der Waals surface area contributed by atoms with Gasteiger partial charge in [0.2, 0.25) is 0 Å². The Balaban J connectivity index is 2.09. The molecular weight excluding hydrogens is 273 g/mol. The van der Waals surface area contributed by atoms with Crippen LogP contribution in [0.15, 0.2) is 51.7 Å². The lowest BCUT2D eigenvalue weighted by Crippen LogP contribution is -2.11. The largest absolute Gasteiger partial charge is 0.419 e. The number of fused-ring (bicyclic) bond motifs is 1. The molecule has 0 saturated carbocycles. The van der Waals surface area contributed by atoms with Crippen molar-refractivity contribution >= 4 is 11.1 Å². The molecule has 0 amide bonds. The van der Waals surface area contributed by atoms with E-state index in [0.717, 1.165) is 0 Å². The number of aromatic nitrogens is 1. The molecule has 1 N–H and O–H groups in total. The Bertz CT molecular complexity index is 850. The average Bonchev–Trinajstić information content (AvgIpc) is 2.81. The Labute approximate surface area is 120 Å². The molecule has 0 radical (unpaired) electrons. The van der Waals surface area contributed by atoms with Crippen molar-refractivity contribution in [3.05, 3.63) is 70.0 Å². The fraction of sp³-hybridized carbons (Fsp3) is 0.188. The van der Waals surface area contributed by atoms with Crippen LogP contribution in [0.4, 0.5) is 4.39 Å². The SMILES string of the molecule is CCn1c(=O)oc2cc(C(O)c3ccccc3F)ccc21. The summed E-state index contributed by atoms with van der Waals surface area (Å²) in [6, 6.07) is 11.0. The highest BCUT2D eigenvalue weighted by molar-refractivity contribution is 5.74. The normalized spacial score (nSPS) is 12.7. The van der Waals surface area contributed by atoms with Gasteiger partial charge in [0.15, 0.2) is 5.58 Å². The molecule has 0 aliphatic heterocycles. The van der Waals surface area contributed by atoms with Gasteiger partial charge in [0.25, 0.3) is 0 Å². The van der Waals surface area contributed by atoms with Gasteiger partial charge < -0.3 is 9.52 Å². The number of halogens is 1. The van der Waals surface area contributed by atoms with Crippen LogP contribution in [0.25, 0.3) is 11.1 Å². The van der Waals surface area contributed by atoms with Crippen LogP contribution in [0, 0.1) is 5.82 Å². The monoisotopic (exact) mass is 287 g/mol. The van der Waals surface area contributed by atoms with Crippen molar-refractivity contribution < 1.29 is 13.9 Å². The second-order valence-corrected chi connectivity index (χ2v) is 4.76. The topological polar surface area (TPSA) is 55.4 Å². The number of aliphatic hydroxyl groups is 1. The Kier molecular flexibility index (Phi) is 3.35. The zero-order chi connectivity index (χ0) is 15.0. The van der Waals surface area contributed by atoms with Crippen LogP contribution in [-0.4, -0.2) is 9.67 Å². The first-order valence-corrected chi connectivity index (χ1v) is 6.67. The molecule has 1 heterocycles. The number of hydrogen-bond donors (Lipinski definition) is 1. The van der Waals surface area contributed by atoms with Crippen molar-refractivity contribution in [1.82, 2.24) is 4.57 Å². The van der Waals surface area contributed by atoms with Gasteiger partial charge in [-0.2, -0.15) is 0 Å². The standard InChI is InChI=1S/C16H14FNO3/c1-2-18-13-8-7-10(9-14(13)21-16(18)20)15(19)11-5-3-4-6-12(11)17/h3-9,15,19H,2H2,1H3. The second kappa shape index (κ2) is 5.18. The van der Waals surface area contributed by atoms with Crippen molar-refractivity contribution in [2.45, 2.75) is 19.6 Å². The van der Waals surface area contributed by atoms with Gasteiger partial charge in [-0.3, -0.25) is 4.57 Å². The molecule has 3 aromatic rings. The molecular formula is C16H14FNO3. The predicted molar refractivity (Wildman–Crippen MR) is 76.6 cm³/mol. The van der Waals surface area contributed by atoms with Gasteiger partial charge in [0.05, 0.1) is 5.52 Å². The van der Waals surface area contributed by atoms with E-state index in [1.165, 1.54) is 16.7 Å². The van der Waals surface area contributed by atoms with E-state index in [-0.39, 0.29) is 5.56 Å². The van der Waals surface area contributed by atoms with Crippen molar-refractivity contribution in [2.75, 3.05) is 0 Å². The lowest BCUT2D eigenvalue weighted by atomic mass is 10.0. The first kappa shape index (κ1) is 13.6. The number of rotatable bonds is 3. The molecule has 1 aromatic heterocycles. The lowest BCUT2D eigenvalue weighted by molar-refractivity contribution is 0.215. The van der Waals surface area contributed by atoms with Crippen molar-refractivity contribution in [3.8, 4) is 0 Å². The maximum atomic E-state index is 13.7. The third kappa shape index (κ3) is 2.25. The maximum absolute atomic E-state index is 13.7. The molecule has 4 nitrogen and oxygen atoms in total. The van der Waals surface area contributed by atoms with Crippen LogP contribution in [0.5, 0.6) is 0 Å². The van der Waals surface area contributed by atoms with E-state index in [0.29, 0.717) is 23.2 Å². The number of oxazole rings is 1. The molecule has 21 heavy (non-hydrogen) atoms. The van der Waals surface area contributed by atoms with Gasteiger partial charge in [-0.25, -0.2) is 9.18 Å². The molecule has 1 atom stereocenters. The first-order chi connectivity index (χ1) is 10.1. The van der Waals surface area contributed by atoms with E-state index in [9.17, 15) is 14.3 Å². The van der Waals surface area contributed by atoms with Crippen molar-refractivity contribution in [2.24, 2.45) is 0 Å². The smallest absolute Gasteiger partial charge is 0.408 e. The Morgan fingerprint density at radius 3 is 2.76 bits per heavy atom. The maximum Gasteiger partial charge on any atom is 0.419 e. The van der Waals surface area contributed by atoms with Crippen LogP contribution in [0.2, 0.25) is 0 Å². The summed E-state index contributed by atoms with van der Waals surface area (Å²) in [6.45, 7) is 2.35. The van der Waals surface area contributed by atoms with Crippen LogP contribution < -0.4 is 5.76 Å². The number of hydrogen-bond acceptors (Lipinski definition) is 3. The van der Waals surface area contributed by atoms with E-state index in [1.807, 2.05) is 6.92 Å². The van der Waals surface area contributed by atoms with Crippen molar-refractivity contribution in [1.29, 1.82) is 0 Å². The van der Waals surface area contributed by atoms with Gasteiger partial charge in [0.1, 0.15) is 11.9 Å². The molecule has 108 valence electrons. The summed E-state index contributed by atoms with van der Waals surface area (Å²) in [5, 5.41) is 10.3. The summed E-state index contributed by atoms with van der Waals surface area (Å²) >= 11 is 0. The average molecular weight is 287 g/mol. The highest BCUT2D eigenvalue weighted by Gasteiger charge is 2.16. The van der Waals surface area contributed by atoms with E-state index in [2.05, 4.69) is 0 Å². The van der Waals surface area contributed by atoms with Crippen molar-refractivity contribution in [3.63, 3.8) is 0 Å². The zero-order valence-corrected chi connectivity index (χ0v) is 11.4. The Morgan fingerprint density at radius 2 is 2.05 bits per heavy atom. The molecule has 3 rings (SSSR count). The van der Waals surface area contributed by atoms with Crippen LogP contribution in [-0.2, 0) is 6.54 Å². The summed E-state index contributed by atoms with van der Waals surface area (Å²) in [6.07, 6.45) is -1.11. The molecule has 0 spiro atoms. The molecule has 0 bridgehead atoms. The van der Waals surface area contributed by atoms with Gasteiger partial charge in [-0.1, -0.05) is 24.3 Å². The highest BCUT2D eigenvalue weighted by atomic mass is 19.1. The number of benzene rings is 2. The van der Waals surface area contributed by atoms with E-state index in [4.69, 9.17) is 4.42 Å². The van der Waals surface area contributed by atoms with Gasteiger partial charge >= 0.3 is 5.76 Å². The lowest BCUT2D eigenvalue weighted by Gasteiger charge is -2.12. The summed E-state index contributed by atoms with van der Waals surface area (Å²) in [7, 11) is 0. The molecule has 2 aromatic carbocycles. The fourth-order valence-corrected chi connectivity index (χ4v) is 2.43. The first-order valence-electron chi connectivity index (χ1n) is 6.67. The Hall–Kier alpha value is -2.40. The minimum atomic E-state index is -1.11. The minimum Gasteiger partial charge on any atom is -0.408 e. The van der Waals surface area contributed by atoms with Gasteiger partial charge in [-0.05, 0) is 30.7 Å². The summed E-state index contributed by atoms with van der Waals surface area (Å²) in [4.78, 5) is 11.6. The number of aryl methyl sites for hydroxylation is 1. The molecule has 0 aliphatic carbocycles. The van der Waals surface area contributed by atoms with E-state index >= 15 is 0 Å². The number of nitrogens with zero attached hydrogens (tertiary/aromatic N) is 1.